The Balaban J connectivity index is 1.94. The third-order valence-electron chi connectivity index (χ3n) is 4.20. The van der Waals surface area contributed by atoms with Gasteiger partial charge in [-0.05, 0) is 64.8 Å². The molecule has 2 rings (SSSR count). The van der Waals surface area contributed by atoms with E-state index < -0.39 is 0 Å². The molecule has 2 amide bonds. The Morgan fingerprint density at radius 2 is 1.84 bits per heavy atom. The van der Waals surface area contributed by atoms with E-state index in [0.717, 1.165) is 37.1 Å². The first-order valence-electron chi connectivity index (χ1n) is 9.12. The molecule has 1 fully saturated rings. The van der Waals surface area contributed by atoms with Crippen LogP contribution in [0.15, 0.2) is 24.3 Å². The zero-order valence-corrected chi connectivity index (χ0v) is 16.0. The van der Waals surface area contributed by atoms with E-state index in [1.807, 2.05) is 61.9 Å². The molecule has 1 heterocycles. The summed E-state index contributed by atoms with van der Waals surface area (Å²) in [5, 5.41) is 2.97. The highest BCUT2D eigenvalue weighted by Gasteiger charge is 2.19. The molecule has 1 saturated heterocycles. The highest BCUT2D eigenvalue weighted by molar-refractivity contribution is 5.94. The number of benzene rings is 1. The minimum absolute atomic E-state index is 0.00977. The first-order valence-corrected chi connectivity index (χ1v) is 9.12. The van der Waals surface area contributed by atoms with Crippen LogP contribution in [-0.2, 0) is 11.3 Å². The van der Waals surface area contributed by atoms with Gasteiger partial charge in [-0.1, -0.05) is 12.1 Å². The minimum atomic E-state index is -0.224. The molecule has 0 saturated carbocycles. The number of carbonyl (C=O) groups excluding carboxylic acids is 2. The Morgan fingerprint density at radius 1 is 1.16 bits per heavy atom. The van der Waals surface area contributed by atoms with Crippen molar-refractivity contribution in [2.45, 2.75) is 52.1 Å². The lowest BCUT2D eigenvalue weighted by atomic mass is 10.1. The van der Waals surface area contributed by atoms with E-state index in [4.69, 9.17) is 0 Å². The first kappa shape index (κ1) is 19.4. The van der Waals surface area contributed by atoms with Crippen LogP contribution < -0.4 is 5.32 Å². The maximum atomic E-state index is 12.6. The second kappa shape index (κ2) is 8.48. The number of carbonyl (C=O) groups is 2. The van der Waals surface area contributed by atoms with Gasteiger partial charge < -0.3 is 10.2 Å². The molecule has 1 N–H and O–H groups in total. The van der Waals surface area contributed by atoms with Crippen molar-refractivity contribution >= 4 is 11.8 Å². The molecule has 0 spiro atoms. The predicted octanol–water partition coefficient (Wildman–Crippen LogP) is 2.66. The van der Waals surface area contributed by atoms with Gasteiger partial charge in [0.25, 0.3) is 5.91 Å². The van der Waals surface area contributed by atoms with Gasteiger partial charge in [0.2, 0.25) is 5.91 Å². The molecule has 5 heteroatoms. The monoisotopic (exact) mass is 345 g/mol. The Hall–Kier alpha value is -1.88. The van der Waals surface area contributed by atoms with Gasteiger partial charge in [-0.2, -0.15) is 0 Å². The van der Waals surface area contributed by atoms with Gasteiger partial charge in [-0.3, -0.25) is 14.5 Å². The van der Waals surface area contributed by atoms with E-state index in [2.05, 4.69) is 5.32 Å². The fourth-order valence-corrected chi connectivity index (χ4v) is 3.15. The average molecular weight is 345 g/mol. The smallest absolute Gasteiger partial charge is 0.253 e. The second-order valence-electron chi connectivity index (χ2n) is 8.02. The number of nitrogens with one attached hydrogen (secondary N) is 1. The van der Waals surface area contributed by atoms with Crippen molar-refractivity contribution in [1.82, 2.24) is 15.1 Å². The molecular formula is C20H31N3O2. The lowest BCUT2D eigenvalue weighted by Crippen LogP contribution is -2.45. The second-order valence-corrected chi connectivity index (χ2v) is 8.02. The van der Waals surface area contributed by atoms with Gasteiger partial charge >= 0.3 is 0 Å². The zero-order chi connectivity index (χ0) is 18.4. The van der Waals surface area contributed by atoms with Crippen molar-refractivity contribution in [2.75, 3.05) is 26.7 Å². The van der Waals surface area contributed by atoms with Crippen molar-refractivity contribution in [2.24, 2.45) is 0 Å². The van der Waals surface area contributed by atoms with Gasteiger partial charge in [-0.15, -0.1) is 0 Å². The van der Waals surface area contributed by atoms with Crippen LogP contribution in [0.1, 0.15) is 56.0 Å². The maximum Gasteiger partial charge on any atom is 0.253 e. The van der Waals surface area contributed by atoms with E-state index in [-0.39, 0.29) is 17.4 Å². The van der Waals surface area contributed by atoms with Crippen LogP contribution in [-0.4, -0.2) is 53.8 Å². The van der Waals surface area contributed by atoms with Crippen LogP contribution in [0.25, 0.3) is 0 Å². The van der Waals surface area contributed by atoms with Gasteiger partial charge in [0, 0.05) is 30.7 Å². The number of amides is 2. The van der Waals surface area contributed by atoms with Gasteiger partial charge in [0.05, 0.1) is 6.54 Å². The van der Waals surface area contributed by atoms with Crippen LogP contribution in [0.4, 0.5) is 0 Å². The number of hydrogen-bond acceptors (Lipinski definition) is 3. The van der Waals surface area contributed by atoms with Gasteiger partial charge in [0.15, 0.2) is 0 Å². The van der Waals surface area contributed by atoms with Crippen molar-refractivity contribution in [3.8, 4) is 0 Å². The van der Waals surface area contributed by atoms with E-state index in [1.165, 1.54) is 6.42 Å². The summed E-state index contributed by atoms with van der Waals surface area (Å²) in [5.41, 5.74) is 1.57. The molecule has 0 radical (unpaired) electrons. The highest BCUT2D eigenvalue weighted by atomic mass is 16.2. The number of likely N-dealkylation sites (tertiary alicyclic amines) is 1. The number of hydrogen-bond donors (Lipinski definition) is 1. The fraction of sp³-hybridized carbons (Fsp3) is 0.600. The van der Waals surface area contributed by atoms with Crippen LogP contribution in [0.2, 0.25) is 0 Å². The summed E-state index contributed by atoms with van der Waals surface area (Å²) < 4.78 is 0. The molecule has 0 bridgehead atoms. The molecule has 1 aliphatic heterocycles. The average Bonchev–Trinajstić information content (AvgIpc) is 2.53. The number of rotatable bonds is 5. The van der Waals surface area contributed by atoms with Crippen LogP contribution in [0.3, 0.4) is 0 Å². The largest absolute Gasteiger partial charge is 0.350 e. The van der Waals surface area contributed by atoms with Crippen molar-refractivity contribution in [3.63, 3.8) is 0 Å². The standard InChI is InChI=1S/C20H31N3O2/c1-20(2,3)21-18(24)15-22(4)14-16-9-8-10-17(13-16)19(25)23-11-6-5-7-12-23/h8-10,13H,5-7,11-12,14-15H2,1-4H3,(H,21,24). The topological polar surface area (TPSA) is 52.7 Å². The summed E-state index contributed by atoms with van der Waals surface area (Å²) >= 11 is 0. The SMILES string of the molecule is CN(CC(=O)NC(C)(C)C)Cc1cccc(C(=O)N2CCCCC2)c1. The Kier molecular flexibility index (Phi) is 6.59. The van der Waals surface area contributed by atoms with Crippen LogP contribution in [0.5, 0.6) is 0 Å². The van der Waals surface area contributed by atoms with Crippen LogP contribution in [0, 0.1) is 0 Å². The number of nitrogens with zero attached hydrogens (tertiary/aromatic N) is 2. The van der Waals surface area contributed by atoms with Gasteiger partial charge in [0.1, 0.15) is 0 Å². The summed E-state index contributed by atoms with van der Waals surface area (Å²) in [6.07, 6.45) is 3.40. The third-order valence-corrected chi connectivity index (χ3v) is 4.20. The molecule has 0 aromatic heterocycles. The molecule has 0 unspecified atom stereocenters. The molecular weight excluding hydrogens is 314 g/mol. The molecule has 0 atom stereocenters. The van der Waals surface area contributed by atoms with Crippen molar-refractivity contribution in [1.29, 1.82) is 0 Å². The van der Waals surface area contributed by atoms with E-state index in [0.29, 0.717) is 13.1 Å². The molecule has 1 aromatic carbocycles. The molecule has 138 valence electrons. The highest BCUT2D eigenvalue weighted by Crippen LogP contribution is 2.15. The van der Waals surface area contributed by atoms with E-state index in [9.17, 15) is 9.59 Å². The molecule has 0 aliphatic carbocycles. The summed E-state index contributed by atoms with van der Waals surface area (Å²) in [4.78, 5) is 28.6. The number of likely N-dealkylation sites (N-methyl/N-ethyl adjacent to an activating group) is 1. The lowest BCUT2D eigenvalue weighted by Gasteiger charge is -2.27. The first-order chi connectivity index (χ1) is 11.7. The van der Waals surface area contributed by atoms with Crippen molar-refractivity contribution in [3.05, 3.63) is 35.4 Å². The lowest BCUT2D eigenvalue weighted by molar-refractivity contribution is -0.123. The summed E-state index contributed by atoms with van der Waals surface area (Å²) in [6.45, 7) is 8.61. The molecule has 5 nitrogen and oxygen atoms in total. The third kappa shape index (κ3) is 6.50. The quantitative estimate of drug-likeness (QED) is 0.893. The summed E-state index contributed by atoms with van der Waals surface area (Å²) in [7, 11) is 1.92. The Morgan fingerprint density at radius 3 is 2.48 bits per heavy atom. The number of piperidine rings is 1. The predicted molar refractivity (Wildman–Crippen MR) is 100 cm³/mol. The normalized spacial score (nSPS) is 15.3. The fourth-order valence-electron chi connectivity index (χ4n) is 3.15. The molecule has 1 aromatic rings. The maximum absolute atomic E-state index is 12.6. The zero-order valence-electron chi connectivity index (χ0n) is 16.0. The Bertz CT molecular complexity index is 601. The summed E-state index contributed by atoms with van der Waals surface area (Å²) in [5.74, 6) is 0.130. The summed E-state index contributed by atoms with van der Waals surface area (Å²) in [6, 6.07) is 7.77. The van der Waals surface area contributed by atoms with Gasteiger partial charge in [-0.25, -0.2) is 0 Å². The minimum Gasteiger partial charge on any atom is -0.350 e. The Labute approximate surface area is 151 Å². The van der Waals surface area contributed by atoms with Crippen LogP contribution >= 0.6 is 0 Å². The van der Waals surface area contributed by atoms with E-state index >= 15 is 0 Å². The molecule has 25 heavy (non-hydrogen) atoms. The molecule has 1 aliphatic rings. The van der Waals surface area contributed by atoms with Crippen molar-refractivity contribution < 1.29 is 9.59 Å². The van der Waals surface area contributed by atoms with E-state index in [1.54, 1.807) is 0 Å².